The zero-order valence-electron chi connectivity index (χ0n) is 12.5. The average Bonchev–Trinajstić information content (AvgIpc) is 2.55. The van der Waals surface area contributed by atoms with Gasteiger partial charge in [0.2, 0.25) is 5.91 Å². The number of benzene rings is 2. The van der Waals surface area contributed by atoms with Gasteiger partial charge in [0.15, 0.2) is 0 Å². The van der Waals surface area contributed by atoms with Crippen LogP contribution in [-0.4, -0.2) is 17.4 Å². The molecule has 0 fully saturated rings. The number of hydrogen-bond donors (Lipinski definition) is 1. The van der Waals surface area contributed by atoms with Crippen LogP contribution < -0.4 is 10.1 Å². The fourth-order valence-electron chi connectivity index (χ4n) is 1.89. The summed E-state index contributed by atoms with van der Waals surface area (Å²) in [6.45, 7) is -3.02. The third-order valence-corrected chi connectivity index (χ3v) is 3.27. The number of nitrogens with one attached hydrogen (secondary N) is 1. The molecule has 0 aliphatic heterocycles. The fourth-order valence-corrected chi connectivity index (χ4v) is 2.07. The summed E-state index contributed by atoms with van der Waals surface area (Å²) in [6.07, 6.45) is 2.43. The van der Waals surface area contributed by atoms with E-state index in [-0.39, 0.29) is 22.1 Å². The molecule has 0 unspecified atom stereocenters. The summed E-state index contributed by atoms with van der Waals surface area (Å²) in [5, 5.41) is 13.2. The first-order valence-electron chi connectivity index (χ1n) is 6.83. The summed E-state index contributed by atoms with van der Waals surface area (Å²) in [4.78, 5) is 22.1. The highest BCUT2D eigenvalue weighted by Gasteiger charge is 2.12. The Labute approximate surface area is 145 Å². The molecule has 1 N–H and O–H groups in total. The van der Waals surface area contributed by atoms with Gasteiger partial charge in [0.05, 0.1) is 10.6 Å². The van der Waals surface area contributed by atoms with Crippen LogP contribution in [0, 0.1) is 10.1 Å². The number of amides is 1. The SMILES string of the molecule is O=C(/C=C/c1ccc(Cl)c([N+](=O)[O-])c1)Nc1ccccc1OC(F)F. The number of carbonyl (C=O) groups is 1. The molecule has 1 amide bonds. The number of rotatable bonds is 6. The van der Waals surface area contributed by atoms with Crippen LogP contribution in [0.25, 0.3) is 6.08 Å². The van der Waals surface area contributed by atoms with E-state index in [0.717, 1.165) is 6.08 Å². The first-order valence-corrected chi connectivity index (χ1v) is 7.21. The van der Waals surface area contributed by atoms with Crippen LogP contribution in [0.15, 0.2) is 48.5 Å². The smallest absolute Gasteiger partial charge is 0.387 e. The highest BCUT2D eigenvalue weighted by Crippen LogP contribution is 2.27. The van der Waals surface area contributed by atoms with Gasteiger partial charge in [-0.15, -0.1) is 0 Å². The summed E-state index contributed by atoms with van der Waals surface area (Å²) < 4.78 is 29.0. The van der Waals surface area contributed by atoms with Gasteiger partial charge in [-0.25, -0.2) is 0 Å². The van der Waals surface area contributed by atoms with Crippen molar-refractivity contribution in [3.05, 3.63) is 69.2 Å². The molecule has 0 aromatic heterocycles. The number of nitro benzene ring substituents is 1. The lowest BCUT2D eigenvalue weighted by Crippen LogP contribution is -2.11. The van der Waals surface area contributed by atoms with Crippen LogP contribution >= 0.6 is 11.6 Å². The van der Waals surface area contributed by atoms with Gasteiger partial charge in [0, 0.05) is 12.1 Å². The normalized spacial score (nSPS) is 10.9. The lowest BCUT2D eigenvalue weighted by molar-refractivity contribution is -0.384. The second-order valence-electron chi connectivity index (χ2n) is 4.67. The lowest BCUT2D eigenvalue weighted by atomic mass is 10.2. The largest absolute Gasteiger partial charge is 0.433 e. The second kappa shape index (κ2) is 8.20. The molecular weight excluding hydrogens is 358 g/mol. The Kier molecular flexibility index (Phi) is 6.02. The summed E-state index contributed by atoms with van der Waals surface area (Å²) in [5.74, 6) is -0.802. The van der Waals surface area contributed by atoms with E-state index in [9.17, 15) is 23.7 Å². The van der Waals surface area contributed by atoms with Crippen LogP contribution in [-0.2, 0) is 4.79 Å². The van der Waals surface area contributed by atoms with Gasteiger partial charge in [0.25, 0.3) is 5.69 Å². The molecular formula is C16H11ClF2N2O4. The van der Waals surface area contributed by atoms with Gasteiger partial charge in [0.1, 0.15) is 10.8 Å². The Morgan fingerprint density at radius 3 is 2.68 bits per heavy atom. The monoisotopic (exact) mass is 368 g/mol. The van der Waals surface area contributed by atoms with Crippen molar-refractivity contribution < 1.29 is 23.2 Å². The van der Waals surface area contributed by atoms with E-state index in [2.05, 4.69) is 10.1 Å². The average molecular weight is 369 g/mol. The van der Waals surface area contributed by atoms with Crippen LogP contribution in [0.3, 0.4) is 0 Å². The summed E-state index contributed by atoms with van der Waals surface area (Å²) in [5.41, 5.74) is 0.155. The maximum absolute atomic E-state index is 12.3. The van der Waals surface area contributed by atoms with Crippen molar-refractivity contribution in [1.29, 1.82) is 0 Å². The molecule has 0 spiro atoms. The van der Waals surface area contributed by atoms with Gasteiger partial charge in [-0.2, -0.15) is 8.78 Å². The lowest BCUT2D eigenvalue weighted by Gasteiger charge is -2.10. The first-order chi connectivity index (χ1) is 11.9. The number of para-hydroxylation sites is 2. The van der Waals surface area contributed by atoms with E-state index < -0.39 is 17.4 Å². The zero-order valence-corrected chi connectivity index (χ0v) is 13.2. The summed E-state index contributed by atoms with van der Waals surface area (Å²) in [6, 6.07) is 9.75. The van der Waals surface area contributed by atoms with E-state index in [1.807, 2.05) is 0 Å². The number of nitro groups is 1. The van der Waals surface area contributed by atoms with Gasteiger partial charge >= 0.3 is 6.61 Å². The third kappa shape index (κ3) is 5.25. The standard InChI is InChI=1S/C16H11ClF2N2O4/c17-11-7-5-10(9-13(11)21(23)24)6-8-15(22)20-12-3-1-2-4-14(12)25-16(18)19/h1-9,16H,(H,20,22)/b8-6+. The van der Waals surface area contributed by atoms with E-state index in [1.54, 1.807) is 6.07 Å². The third-order valence-electron chi connectivity index (χ3n) is 2.96. The maximum Gasteiger partial charge on any atom is 0.387 e. The molecule has 130 valence electrons. The highest BCUT2D eigenvalue weighted by atomic mass is 35.5. The van der Waals surface area contributed by atoms with Crippen molar-refractivity contribution in [3.8, 4) is 5.75 Å². The Balaban J connectivity index is 2.12. The molecule has 0 radical (unpaired) electrons. The molecule has 9 heteroatoms. The van der Waals surface area contributed by atoms with Gasteiger partial charge in [-0.05, 0) is 29.8 Å². The molecule has 0 heterocycles. The van der Waals surface area contributed by atoms with E-state index >= 15 is 0 Å². The maximum atomic E-state index is 12.3. The number of hydrogen-bond acceptors (Lipinski definition) is 4. The quantitative estimate of drug-likeness (QED) is 0.462. The highest BCUT2D eigenvalue weighted by molar-refractivity contribution is 6.32. The molecule has 2 aromatic carbocycles. The minimum atomic E-state index is -3.02. The summed E-state index contributed by atoms with van der Waals surface area (Å²) in [7, 11) is 0. The Morgan fingerprint density at radius 1 is 1.28 bits per heavy atom. The predicted octanol–water partition coefficient (Wildman–Crippen LogP) is 4.50. The topological polar surface area (TPSA) is 81.5 Å². The molecule has 0 aliphatic rings. The van der Waals surface area contributed by atoms with Gasteiger partial charge in [-0.1, -0.05) is 29.8 Å². The van der Waals surface area contributed by atoms with Crippen LogP contribution in [0.1, 0.15) is 5.56 Å². The first kappa shape index (κ1) is 18.3. The second-order valence-corrected chi connectivity index (χ2v) is 5.07. The number of alkyl halides is 2. The molecule has 2 aromatic rings. The zero-order chi connectivity index (χ0) is 18.4. The minimum absolute atomic E-state index is 0.0234. The van der Waals surface area contributed by atoms with Crippen LogP contribution in [0.5, 0.6) is 5.75 Å². The van der Waals surface area contributed by atoms with Crippen molar-refractivity contribution in [3.63, 3.8) is 0 Å². The predicted molar refractivity (Wildman–Crippen MR) is 88.8 cm³/mol. The van der Waals surface area contributed by atoms with Crippen molar-refractivity contribution in [2.24, 2.45) is 0 Å². The van der Waals surface area contributed by atoms with Crippen molar-refractivity contribution >= 4 is 35.0 Å². The van der Waals surface area contributed by atoms with E-state index in [4.69, 9.17) is 11.6 Å². The molecule has 2 rings (SSSR count). The van der Waals surface area contributed by atoms with Crippen molar-refractivity contribution in [2.45, 2.75) is 6.61 Å². The molecule has 0 atom stereocenters. The molecule has 0 aliphatic carbocycles. The molecule has 0 saturated heterocycles. The molecule has 0 bridgehead atoms. The van der Waals surface area contributed by atoms with Crippen molar-refractivity contribution in [2.75, 3.05) is 5.32 Å². The Hall–Kier alpha value is -3.00. The molecule has 25 heavy (non-hydrogen) atoms. The van der Waals surface area contributed by atoms with Crippen LogP contribution in [0.4, 0.5) is 20.2 Å². The van der Waals surface area contributed by atoms with Gasteiger partial charge in [-0.3, -0.25) is 14.9 Å². The molecule has 0 saturated carbocycles. The Bertz CT molecular complexity index is 828. The number of ether oxygens (including phenoxy) is 1. The van der Waals surface area contributed by atoms with E-state index in [1.165, 1.54) is 42.5 Å². The van der Waals surface area contributed by atoms with Crippen molar-refractivity contribution in [1.82, 2.24) is 0 Å². The number of halogens is 3. The van der Waals surface area contributed by atoms with E-state index in [0.29, 0.717) is 5.56 Å². The van der Waals surface area contributed by atoms with Gasteiger partial charge < -0.3 is 10.1 Å². The number of nitrogens with zero attached hydrogens (tertiary/aromatic N) is 1. The van der Waals surface area contributed by atoms with Crippen LogP contribution in [0.2, 0.25) is 5.02 Å². The number of carbonyl (C=O) groups excluding carboxylic acids is 1. The summed E-state index contributed by atoms with van der Waals surface area (Å²) >= 11 is 5.70. The minimum Gasteiger partial charge on any atom is -0.433 e. The fraction of sp³-hybridized carbons (Fsp3) is 0.0625. The molecule has 6 nitrogen and oxygen atoms in total. The Morgan fingerprint density at radius 2 is 2.00 bits per heavy atom. The number of anilines is 1.